The molecular weight excluding hydrogens is 278 g/mol. The van der Waals surface area contributed by atoms with Gasteiger partial charge in [0.1, 0.15) is 6.26 Å². The average molecular weight is 297 g/mol. The molecule has 0 bridgehead atoms. The molecule has 1 aromatic carbocycles. The van der Waals surface area contributed by atoms with Crippen molar-refractivity contribution in [3.8, 4) is 0 Å². The molecule has 0 spiro atoms. The van der Waals surface area contributed by atoms with Crippen LogP contribution in [0.2, 0.25) is 0 Å². The van der Waals surface area contributed by atoms with Crippen molar-refractivity contribution in [1.29, 1.82) is 0 Å². The molecule has 1 unspecified atom stereocenters. The Labute approximate surface area is 128 Å². The van der Waals surface area contributed by atoms with Crippen molar-refractivity contribution in [3.05, 3.63) is 54.4 Å². The quantitative estimate of drug-likeness (QED) is 0.801. The number of rotatable bonds is 4. The molecule has 0 amide bonds. The van der Waals surface area contributed by atoms with Gasteiger partial charge in [-0.05, 0) is 24.5 Å². The summed E-state index contributed by atoms with van der Waals surface area (Å²) in [5.41, 5.74) is 7.17. The van der Waals surface area contributed by atoms with E-state index in [1.165, 1.54) is 6.26 Å². The molecule has 1 atom stereocenters. The molecule has 3 aromatic rings. The Kier molecular flexibility index (Phi) is 3.81. The lowest BCUT2D eigenvalue weighted by Crippen LogP contribution is -2.15. The van der Waals surface area contributed by atoms with Crippen molar-refractivity contribution in [2.45, 2.75) is 26.3 Å². The monoisotopic (exact) mass is 297 g/mol. The average Bonchev–Trinajstić information content (AvgIpc) is 3.13. The van der Waals surface area contributed by atoms with Crippen molar-refractivity contribution >= 4 is 16.8 Å². The molecule has 0 aliphatic rings. The number of aromatic nitrogens is 2. The van der Waals surface area contributed by atoms with Gasteiger partial charge in [-0.3, -0.25) is 9.36 Å². The summed E-state index contributed by atoms with van der Waals surface area (Å²) in [6.07, 6.45) is 3.89. The molecule has 0 saturated carbocycles. The molecule has 3 rings (SSSR count). The molecular formula is C17H19N3O2. The second-order valence-electron chi connectivity index (χ2n) is 5.86. The Bertz CT molecular complexity index is 801. The molecule has 0 radical (unpaired) electrons. The summed E-state index contributed by atoms with van der Waals surface area (Å²) >= 11 is 0. The van der Waals surface area contributed by atoms with E-state index < -0.39 is 0 Å². The Balaban J connectivity index is 1.88. The Morgan fingerprint density at radius 1 is 1.32 bits per heavy atom. The normalized spacial score (nSPS) is 12.9. The highest BCUT2D eigenvalue weighted by molar-refractivity contribution is 6.00. The summed E-state index contributed by atoms with van der Waals surface area (Å²) in [7, 11) is 0. The van der Waals surface area contributed by atoms with Crippen LogP contribution in [0.4, 0.5) is 0 Å². The molecule has 2 N–H and O–H groups in total. The first kappa shape index (κ1) is 14.5. The van der Waals surface area contributed by atoms with E-state index in [4.69, 9.17) is 10.2 Å². The Morgan fingerprint density at radius 2 is 2.09 bits per heavy atom. The van der Waals surface area contributed by atoms with E-state index in [-0.39, 0.29) is 17.6 Å². The van der Waals surface area contributed by atoms with E-state index in [9.17, 15) is 4.79 Å². The van der Waals surface area contributed by atoms with Crippen LogP contribution in [0.25, 0.3) is 10.9 Å². The predicted octanol–water partition coefficient (Wildman–Crippen LogP) is 3.36. The number of fused-ring (bicyclic) bond motifs is 1. The molecule has 0 aliphatic carbocycles. The van der Waals surface area contributed by atoms with Crippen molar-refractivity contribution in [2.75, 3.05) is 0 Å². The number of benzene rings is 1. The maximum absolute atomic E-state index is 12.6. The van der Waals surface area contributed by atoms with Gasteiger partial charge in [0, 0.05) is 11.6 Å². The minimum Gasteiger partial charge on any atom is -0.446 e. The number of hydrogen-bond donors (Lipinski definition) is 1. The van der Waals surface area contributed by atoms with E-state index in [2.05, 4.69) is 18.8 Å². The van der Waals surface area contributed by atoms with Gasteiger partial charge in [0.15, 0.2) is 5.69 Å². The second-order valence-corrected chi connectivity index (χ2v) is 5.86. The van der Waals surface area contributed by atoms with Gasteiger partial charge in [-0.25, -0.2) is 4.98 Å². The molecule has 114 valence electrons. The summed E-state index contributed by atoms with van der Waals surface area (Å²) in [5.74, 6) is 0.635. The van der Waals surface area contributed by atoms with Crippen LogP contribution in [0.3, 0.4) is 0 Å². The fraction of sp³-hybridized carbons (Fsp3) is 0.294. The van der Waals surface area contributed by atoms with Crippen molar-refractivity contribution in [3.63, 3.8) is 0 Å². The van der Waals surface area contributed by atoms with E-state index in [1.807, 2.05) is 30.3 Å². The van der Waals surface area contributed by atoms with Crippen LogP contribution in [0.15, 0.2) is 47.2 Å². The minimum atomic E-state index is -0.289. The first-order valence-corrected chi connectivity index (χ1v) is 7.38. The van der Waals surface area contributed by atoms with Crippen LogP contribution < -0.4 is 5.73 Å². The summed E-state index contributed by atoms with van der Waals surface area (Å²) in [4.78, 5) is 16.8. The maximum atomic E-state index is 12.6. The lowest BCUT2D eigenvalue weighted by Gasteiger charge is -2.09. The number of hydrogen-bond acceptors (Lipinski definition) is 4. The third kappa shape index (κ3) is 2.67. The fourth-order valence-corrected chi connectivity index (χ4v) is 2.55. The highest BCUT2D eigenvalue weighted by Gasteiger charge is 2.19. The molecule has 0 fully saturated rings. The predicted molar refractivity (Wildman–Crippen MR) is 84.6 cm³/mol. The highest BCUT2D eigenvalue weighted by Crippen LogP contribution is 2.20. The molecule has 5 nitrogen and oxygen atoms in total. The summed E-state index contributed by atoms with van der Waals surface area (Å²) in [5, 5.41) is 1.01. The Morgan fingerprint density at radius 3 is 2.86 bits per heavy atom. The highest BCUT2D eigenvalue weighted by atomic mass is 16.3. The zero-order valence-electron chi connectivity index (χ0n) is 12.7. The van der Waals surface area contributed by atoms with E-state index >= 15 is 0 Å². The third-order valence-corrected chi connectivity index (χ3v) is 3.60. The summed E-state index contributed by atoms with van der Waals surface area (Å²) in [6, 6.07) is 9.32. The lowest BCUT2D eigenvalue weighted by atomic mass is 10.0. The Hall–Kier alpha value is -2.40. The lowest BCUT2D eigenvalue weighted by molar-refractivity contribution is 0.0960. The number of carbonyl (C=O) groups is 1. The number of nitrogens with zero attached hydrogens (tertiary/aromatic N) is 2. The number of oxazole rings is 1. The number of nitrogens with two attached hydrogens (primary N) is 1. The van der Waals surface area contributed by atoms with Gasteiger partial charge in [0.05, 0.1) is 11.6 Å². The smallest absolute Gasteiger partial charge is 0.284 e. The topological polar surface area (TPSA) is 74.0 Å². The van der Waals surface area contributed by atoms with Gasteiger partial charge in [0.25, 0.3) is 5.91 Å². The maximum Gasteiger partial charge on any atom is 0.284 e. The first-order chi connectivity index (χ1) is 10.6. The van der Waals surface area contributed by atoms with Crippen LogP contribution in [-0.4, -0.2) is 15.5 Å². The van der Waals surface area contributed by atoms with Crippen molar-refractivity contribution in [1.82, 2.24) is 9.55 Å². The molecule has 0 saturated heterocycles. The number of para-hydroxylation sites is 1. The van der Waals surface area contributed by atoms with Gasteiger partial charge in [0.2, 0.25) is 5.89 Å². The second kappa shape index (κ2) is 5.77. The molecule has 2 aromatic heterocycles. The zero-order chi connectivity index (χ0) is 15.7. The molecule has 22 heavy (non-hydrogen) atoms. The number of carbonyl (C=O) groups excluding carboxylic acids is 1. The summed E-state index contributed by atoms with van der Waals surface area (Å²) in [6.45, 7) is 4.17. The fourth-order valence-electron chi connectivity index (χ4n) is 2.55. The molecule has 5 heteroatoms. The van der Waals surface area contributed by atoms with E-state index in [1.54, 1.807) is 10.8 Å². The first-order valence-electron chi connectivity index (χ1n) is 7.38. The van der Waals surface area contributed by atoms with Gasteiger partial charge in [-0.15, -0.1) is 0 Å². The molecule has 2 heterocycles. The zero-order valence-corrected chi connectivity index (χ0v) is 12.7. The van der Waals surface area contributed by atoms with E-state index in [0.29, 0.717) is 11.8 Å². The van der Waals surface area contributed by atoms with Crippen LogP contribution in [0.1, 0.15) is 42.7 Å². The third-order valence-electron chi connectivity index (χ3n) is 3.60. The largest absolute Gasteiger partial charge is 0.446 e. The van der Waals surface area contributed by atoms with Crippen LogP contribution in [0.5, 0.6) is 0 Å². The van der Waals surface area contributed by atoms with Crippen LogP contribution >= 0.6 is 0 Å². The van der Waals surface area contributed by atoms with Crippen LogP contribution in [-0.2, 0) is 0 Å². The minimum absolute atomic E-state index is 0.215. The van der Waals surface area contributed by atoms with E-state index in [0.717, 1.165) is 17.3 Å². The standard InChI is InChI=1S/C17H19N3O2/c1-11(2)9-13(18)16-19-14(10-22-16)17(21)20-8-7-12-5-3-4-6-15(12)20/h3-8,10-11,13H,9,18H2,1-2H3. The summed E-state index contributed by atoms with van der Waals surface area (Å²) < 4.78 is 6.96. The van der Waals surface area contributed by atoms with Crippen LogP contribution in [0, 0.1) is 5.92 Å². The van der Waals surface area contributed by atoms with Gasteiger partial charge in [-0.1, -0.05) is 32.0 Å². The van der Waals surface area contributed by atoms with Gasteiger partial charge in [-0.2, -0.15) is 0 Å². The van der Waals surface area contributed by atoms with Gasteiger partial charge < -0.3 is 10.2 Å². The molecule has 0 aliphatic heterocycles. The SMILES string of the molecule is CC(C)CC(N)c1nc(C(=O)n2ccc3ccccc32)co1. The van der Waals surface area contributed by atoms with Gasteiger partial charge >= 0.3 is 0 Å². The van der Waals surface area contributed by atoms with Crippen molar-refractivity contribution in [2.24, 2.45) is 11.7 Å². The van der Waals surface area contributed by atoms with Crippen molar-refractivity contribution < 1.29 is 9.21 Å².